The Balaban J connectivity index is 2.11. The molecule has 14 heavy (non-hydrogen) atoms. The molecule has 0 spiro atoms. The van der Waals surface area contributed by atoms with Gasteiger partial charge in [-0.2, -0.15) is 0 Å². The number of pyridine rings is 1. The van der Waals surface area contributed by atoms with Crippen LogP contribution in [0.25, 0.3) is 11.0 Å². The molecule has 2 heteroatoms. The molecular weight excluding hydrogens is 172 g/mol. The fraction of sp³-hybridized carbons (Fsp3) is 0.417. The number of aromatic nitrogens is 2. The average molecular weight is 188 g/mol. The molecule has 2 heterocycles. The van der Waals surface area contributed by atoms with E-state index >= 15 is 0 Å². The highest BCUT2D eigenvalue weighted by molar-refractivity contribution is 5.76. The zero-order valence-electron chi connectivity index (χ0n) is 8.59. The topological polar surface area (TPSA) is 28.7 Å². The fourth-order valence-corrected chi connectivity index (χ4v) is 1.71. The van der Waals surface area contributed by atoms with Crippen LogP contribution in [0.3, 0.4) is 0 Å². The van der Waals surface area contributed by atoms with Crippen molar-refractivity contribution in [1.82, 2.24) is 9.97 Å². The van der Waals surface area contributed by atoms with Crippen molar-refractivity contribution in [1.29, 1.82) is 0 Å². The van der Waals surface area contributed by atoms with Crippen LogP contribution in [0.5, 0.6) is 0 Å². The van der Waals surface area contributed by atoms with Gasteiger partial charge in [0.1, 0.15) is 5.65 Å². The molecule has 2 aromatic rings. The van der Waals surface area contributed by atoms with Crippen molar-refractivity contribution in [3.8, 4) is 0 Å². The first-order valence-electron chi connectivity index (χ1n) is 5.33. The van der Waals surface area contributed by atoms with E-state index in [0.29, 0.717) is 0 Å². The molecular formula is C12H16N2. The number of hydrogen-bond acceptors (Lipinski definition) is 1. The molecule has 2 aromatic heterocycles. The molecule has 0 atom stereocenters. The third-order valence-electron chi connectivity index (χ3n) is 2.50. The van der Waals surface area contributed by atoms with Gasteiger partial charge in [0.2, 0.25) is 0 Å². The Morgan fingerprint density at radius 3 is 3.07 bits per heavy atom. The van der Waals surface area contributed by atoms with E-state index in [1.807, 2.05) is 12.3 Å². The van der Waals surface area contributed by atoms with E-state index in [1.165, 1.54) is 30.3 Å². The number of fused-ring (bicyclic) bond motifs is 1. The van der Waals surface area contributed by atoms with Crippen LogP contribution in [0.2, 0.25) is 0 Å². The van der Waals surface area contributed by atoms with E-state index in [9.17, 15) is 0 Å². The number of hydrogen-bond donors (Lipinski definition) is 1. The lowest BCUT2D eigenvalue weighted by Gasteiger charge is -1.94. The molecule has 0 aliphatic carbocycles. The maximum Gasteiger partial charge on any atom is 0.137 e. The summed E-state index contributed by atoms with van der Waals surface area (Å²) in [7, 11) is 0. The number of rotatable bonds is 4. The second-order valence-corrected chi connectivity index (χ2v) is 3.69. The molecule has 0 saturated heterocycles. The fourth-order valence-electron chi connectivity index (χ4n) is 1.71. The molecule has 74 valence electrons. The lowest BCUT2D eigenvalue weighted by molar-refractivity contribution is 0.710. The first kappa shape index (κ1) is 9.25. The van der Waals surface area contributed by atoms with Crippen LogP contribution >= 0.6 is 0 Å². The van der Waals surface area contributed by atoms with Crippen LogP contribution in [0.15, 0.2) is 24.4 Å². The van der Waals surface area contributed by atoms with E-state index in [-0.39, 0.29) is 0 Å². The third kappa shape index (κ3) is 1.95. The highest BCUT2D eigenvalue weighted by atomic mass is 14.8. The van der Waals surface area contributed by atoms with Gasteiger partial charge >= 0.3 is 0 Å². The molecule has 2 nitrogen and oxygen atoms in total. The summed E-state index contributed by atoms with van der Waals surface area (Å²) in [5, 5.41) is 1.22. The van der Waals surface area contributed by atoms with Crippen LogP contribution in [0.4, 0.5) is 0 Å². The lowest BCUT2D eigenvalue weighted by atomic mass is 10.1. The van der Waals surface area contributed by atoms with Crippen molar-refractivity contribution in [2.75, 3.05) is 0 Å². The summed E-state index contributed by atoms with van der Waals surface area (Å²) in [6.45, 7) is 2.23. The van der Waals surface area contributed by atoms with E-state index in [4.69, 9.17) is 0 Å². The Hall–Kier alpha value is -1.31. The summed E-state index contributed by atoms with van der Waals surface area (Å²) >= 11 is 0. The Kier molecular flexibility index (Phi) is 2.82. The monoisotopic (exact) mass is 188 g/mol. The smallest absolute Gasteiger partial charge is 0.137 e. The summed E-state index contributed by atoms with van der Waals surface area (Å²) < 4.78 is 0. The molecule has 0 amide bonds. The number of nitrogens with one attached hydrogen (secondary N) is 1. The first-order valence-corrected chi connectivity index (χ1v) is 5.33. The predicted octanol–water partition coefficient (Wildman–Crippen LogP) is 3.30. The lowest BCUT2D eigenvalue weighted by Crippen LogP contribution is -1.84. The summed E-state index contributed by atoms with van der Waals surface area (Å²) in [4.78, 5) is 7.62. The minimum atomic E-state index is 1.01. The van der Waals surface area contributed by atoms with Gasteiger partial charge in [-0.25, -0.2) is 4.98 Å². The quantitative estimate of drug-likeness (QED) is 0.733. The minimum Gasteiger partial charge on any atom is -0.343 e. The van der Waals surface area contributed by atoms with Gasteiger partial charge in [-0.3, -0.25) is 0 Å². The second-order valence-electron chi connectivity index (χ2n) is 3.69. The van der Waals surface area contributed by atoms with E-state index in [2.05, 4.69) is 29.0 Å². The van der Waals surface area contributed by atoms with Gasteiger partial charge in [-0.05, 0) is 31.0 Å². The number of aromatic amines is 1. The molecule has 1 N–H and O–H groups in total. The summed E-state index contributed by atoms with van der Waals surface area (Å²) in [6, 6.07) is 6.28. The van der Waals surface area contributed by atoms with Crippen LogP contribution in [0.1, 0.15) is 31.9 Å². The van der Waals surface area contributed by atoms with Crippen molar-refractivity contribution >= 4 is 11.0 Å². The highest BCUT2D eigenvalue weighted by Gasteiger charge is 1.99. The van der Waals surface area contributed by atoms with Gasteiger partial charge in [0.05, 0.1) is 0 Å². The Morgan fingerprint density at radius 1 is 1.36 bits per heavy atom. The molecule has 2 rings (SSSR count). The zero-order chi connectivity index (χ0) is 9.80. The Bertz CT molecular complexity index is 370. The van der Waals surface area contributed by atoms with Crippen LogP contribution in [0, 0.1) is 0 Å². The van der Waals surface area contributed by atoms with Crippen molar-refractivity contribution in [3.63, 3.8) is 0 Å². The maximum atomic E-state index is 4.27. The SMILES string of the molecule is CCCCCc1cc2cccnc2[nH]1. The first-order chi connectivity index (χ1) is 6.90. The number of H-pyrrole nitrogens is 1. The molecule has 0 saturated carbocycles. The maximum absolute atomic E-state index is 4.27. The van der Waals surface area contributed by atoms with Gasteiger partial charge in [-0.1, -0.05) is 19.8 Å². The largest absolute Gasteiger partial charge is 0.343 e. The zero-order valence-corrected chi connectivity index (χ0v) is 8.59. The van der Waals surface area contributed by atoms with E-state index < -0.39 is 0 Å². The van der Waals surface area contributed by atoms with Crippen molar-refractivity contribution in [2.24, 2.45) is 0 Å². The van der Waals surface area contributed by atoms with Crippen molar-refractivity contribution < 1.29 is 0 Å². The van der Waals surface area contributed by atoms with Gasteiger partial charge in [-0.15, -0.1) is 0 Å². The second kappa shape index (κ2) is 4.27. The van der Waals surface area contributed by atoms with Gasteiger partial charge in [0, 0.05) is 17.3 Å². The van der Waals surface area contributed by atoms with Gasteiger partial charge in [0.15, 0.2) is 0 Å². The predicted molar refractivity (Wildman–Crippen MR) is 59.3 cm³/mol. The van der Waals surface area contributed by atoms with Crippen molar-refractivity contribution in [2.45, 2.75) is 32.6 Å². The van der Waals surface area contributed by atoms with Crippen LogP contribution in [-0.2, 0) is 6.42 Å². The standard InChI is InChI=1S/C12H16N2/c1-2-3-4-7-11-9-10-6-5-8-13-12(10)14-11/h5-6,8-9H,2-4,7H2,1H3,(H,13,14). The molecule has 0 bridgehead atoms. The number of aryl methyl sites for hydroxylation is 1. The average Bonchev–Trinajstić information content (AvgIpc) is 2.60. The van der Waals surface area contributed by atoms with Gasteiger partial charge < -0.3 is 4.98 Å². The molecule has 0 fully saturated rings. The Morgan fingerprint density at radius 2 is 2.29 bits per heavy atom. The van der Waals surface area contributed by atoms with Gasteiger partial charge in [0.25, 0.3) is 0 Å². The highest BCUT2D eigenvalue weighted by Crippen LogP contribution is 2.14. The van der Waals surface area contributed by atoms with E-state index in [0.717, 1.165) is 12.1 Å². The molecule has 0 unspecified atom stereocenters. The minimum absolute atomic E-state index is 1.01. The number of unbranched alkanes of at least 4 members (excludes halogenated alkanes) is 2. The Labute approximate surface area is 84.4 Å². The molecule has 0 aliphatic rings. The summed E-state index contributed by atoms with van der Waals surface area (Å²) in [5.41, 5.74) is 2.33. The summed E-state index contributed by atoms with van der Waals surface area (Å²) in [6.07, 6.45) is 6.82. The summed E-state index contributed by atoms with van der Waals surface area (Å²) in [5.74, 6) is 0. The third-order valence-corrected chi connectivity index (χ3v) is 2.50. The normalized spacial score (nSPS) is 10.9. The van der Waals surface area contributed by atoms with Crippen molar-refractivity contribution in [3.05, 3.63) is 30.1 Å². The number of nitrogens with zero attached hydrogens (tertiary/aromatic N) is 1. The molecule has 0 radical (unpaired) electrons. The molecule has 0 aliphatic heterocycles. The van der Waals surface area contributed by atoms with E-state index in [1.54, 1.807) is 0 Å². The van der Waals surface area contributed by atoms with Crippen LogP contribution in [-0.4, -0.2) is 9.97 Å². The molecule has 0 aromatic carbocycles. The van der Waals surface area contributed by atoms with Crippen LogP contribution < -0.4 is 0 Å².